The van der Waals surface area contributed by atoms with Gasteiger partial charge in [0.25, 0.3) is 0 Å². The summed E-state index contributed by atoms with van der Waals surface area (Å²) in [5, 5.41) is 17.6. The van der Waals surface area contributed by atoms with Crippen molar-refractivity contribution in [1.82, 2.24) is 14.9 Å². The van der Waals surface area contributed by atoms with Crippen molar-refractivity contribution in [2.24, 2.45) is 0 Å². The first kappa shape index (κ1) is 32.4. The average molecular weight is 649 g/mol. The Hall–Kier alpha value is -4.01. The molecular formula is C31H32F4N4O5S. The topological polar surface area (TPSA) is 128 Å². The van der Waals surface area contributed by atoms with Crippen LogP contribution in [-0.2, 0) is 21.2 Å². The van der Waals surface area contributed by atoms with E-state index in [4.69, 9.17) is 0 Å². The number of benzene rings is 3. The predicted octanol–water partition coefficient (Wildman–Crippen LogP) is 4.35. The highest BCUT2D eigenvalue weighted by atomic mass is 32.2. The summed E-state index contributed by atoms with van der Waals surface area (Å²) in [5.41, 5.74) is 0.163. The van der Waals surface area contributed by atoms with Crippen molar-refractivity contribution in [3.8, 4) is 0 Å². The summed E-state index contributed by atoms with van der Waals surface area (Å²) in [6.45, 7) is 0.704. The molecule has 2 heterocycles. The zero-order valence-electron chi connectivity index (χ0n) is 24.0. The first-order chi connectivity index (χ1) is 21.4. The van der Waals surface area contributed by atoms with Gasteiger partial charge in [0.2, 0.25) is 15.9 Å². The normalized spacial score (nSPS) is 22.1. The van der Waals surface area contributed by atoms with Crippen LogP contribution in [-0.4, -0.2) is 66.8 Å². The number of carboxylic acid groups (broad SMARTS) is 1. The van der Waals surface area contributed by atoms with Crippen LogP contribution in [0.15, 0.2) is 60.7 Å². The van der Waals surface area contributed by atoms with Crippen LogP contribution in [0, 0.1) is 23.3 Å². The van der Waals surface area contributed by atoms with Gasteiger partial charge in [0.1, 0.15) is 29.3 Å². The van der Waals surface area contributed by atoms with Crippen molar-refractivity contribution < 1.29 is 40.7 Å². The van der Waals surface area contributed by atoms with Gasteiger partial charge in [0.05, 0.1) is 5.75 Å². The Morgan fingerprint density at radius 1 is 0.978 bits per heavy atom. The summed E-state index contributed by atoms with van der Waals surface area (Å²) < 4.78 is 84.8. The van der Waals surface area contributed by atoms with E-state index in [1.165, 1.54) is 34.6 Å². The Kier molecular flexibility index (Phi) is 9.75. The number of anilines is 1. The lowest BCUT2D eigenvalue weighted by atomic mass is 9.84. The molecule has 0 radical (unpaired) electrons. The molecule has 3 aromatic carbocycles. The number of hydrogen-bond donors (Lipinski definition) is 4. The fourth-order valence-electron chi connectivity index (χ4n) is 6.13. The van der Waals surface area contributed by atoms with E-state index in [1.807, 2.05) is 0 Å². The lowest BCUT2D eigenvalue weighted by Gasteiger charge is -2.37. The van der Waals surface area contributed by atoms with Gasteiger partial charge in [0.15, 0.2) is 0 Å². The number of nitrogens with zero attached hydrogens (tertiary/aromatic N) is 1. The molecule has 2 saturated heterocycles. The van der Waals surface area contributed by atoms with Crippen LogP contribution in [0.2, 0.25) is 0 Å². The molecule has 2 bridgehead atoms. The molecule has 3 unspecified atom stereocenters. The summed E-state index contributed by atoms with van der Waals surface area (Å²) in [6, 6.07) is 8.99. The zero-order chi connectivity index (χ0) is 32.3. The number of carbonyl (C=O) groups excluding carboxylic acids is 1. The molecule has 0 saturated carbocycles. The number of rotatable bonds is 9. The molecule has 0 spiro atoms. The lowest BCUT2D eigenvalue weighted by molar-refractivity contribution is -0.118. The molecule has 9 nitrogen and oxygen atoms in total. The molecule has 14 heteroatoms. The number of halogens is 4. The first-order valence-corrected chi connectivity index (χ1v) is 16.0. The van der Waals surface area contributed by atoms with E-state index in [2.05, 4.69) is 16.0 Å². The fraction of sp³-hybridized carbons (Fsp3) is 0.355. The minimum atomic E-state index is -3.49. The molecule has 5 rings (SSSR count). The third kappa shape index (κ3) is 7.63. The molecule has 2 amide bonds. The molecule has 5 atom stereocenters. The molecular weight excluding hydrogens is 616 g/mol. The molecule has 2 aliphatic heterocycles. The highest BCUT2D eigenvalue weighted by molar-refractivity contribution is 7.89. The van der Waals surface area contributed by atoms with E-state index in [1.54, 1.807) is 0 Å². The maximum Gasteiger partial charge on any atom is 0.405 e. The number of sulfonamides is 1. The molecule has 2 aliphatic rings. The largest absolute Gasteiger partial charge is 0.465 e. The third-order valence-electron chi connectivity index (χ3n) is 8.23. The van der Waals surface area contributed by atoms with E-state index < -0.39 is 63.3 Å². The number of fused-ring (bicyclic) bond motifs is 2. The van der Waals surface area contributed by atoms with Crippen molar-refractivity contribution >= 4 is 27.7 Å². The Labute approximate surface area is 257 Å². The van der Waals surface area contributed by atoms with Crippen molar-refractivity contribution in [2.75, 3.05) is 24.2 Å². The van der Waals surface area contributed by atoms with Gasteiger partial charge in [-0.2, -0.15) is 4.31 Å². The quantitative estimate of drug-likeness (QED) is 0.256. The minimum absolute atomic E-state index is 0.0147. The van der Waals surface area contributed by atoms with E-state index in [0.29, 0.717) is 25.6 Å². The zero-order valence-corrected chi connectivity index (χ0v) is 24.8. The molecule has 4 N–H and O–H groups in total. The highest BCUT2D eigenvalue weighted by Crippen LogP contribution is 2.32. The second-order valence-electron chi connectivity index (χ2n) is 11.2. The summed E-state index contributed by atoms with van der Waals surface area (Å²) in [6.07, 6.45) is -0.0718. The summed E-state index contributed by atoms with van der Waals surface area (Å²) in [7, 11) is -3.49. The van der Waals surface area contributed by atoms with Crippen molar-refractivity contribution in [3.05, 3.63) is 101 Å². The fourth-order valence-corrected chi connectivity index (χ4v) is 7.94. The second-order valence-corrected chi connectivity index (χ2v) is 13.3. The van der Waals surface area contributed by atoms with Crippen LogP contribution in [0.4, 0.5) is 28.0 Å². The molecule has 240 valence electrons. The van der Waals surface area contributed by atoms with Crippen LogP contribution >= 0.6 is 0 Å². The van der Waals surface area contributed by atoms with Crippen molar-refractivity contribution in [2.45, 2.75) is 49.7 Å². The number of amides is 2. The Bertz CT molecular complexity index is 1650. The first-order valence-electron chi connectivity index (χ1n) is 14.4. The monoisotopic (exact) mass is 648 g/mol. The molecule has 45 heavy (non-hydrogen) atoms. The molecule has 3 aromatic rings. The summed E-state index contributed by atoms with van der Waals surface area (Å²) in [4.78, 5) is 25.7. The number of nitrogens with one attached hydrogen (secondary N) is 3. The minimum Gasteiger partial charge on any atom is -0.465 e. The van der Waals surface area contributed by atoms with Crippen LogP contribution < -0.4 is 16.0 Å². The van der Waals surface area contributed by atoms with Gasteiger partial charge in [-0.05, 0) is 73.2 Å². The second kappa shape index (κ2) is 13.5. The SMILES string of the molecule is O=C(O)N[C@H](C(=O)Nc1cccc(F)c1CCC1CNC2CCCS(=O)(=O)N1C2)[C@@H](c1ccc(F)cc1)c1cc(F)cc(F)c1. The molecule has 0 aromatic heterocycles. The van der Waals surface area contributed by atoms with Crippen LogP contribution in [0.3, 0.4) is 0 Å². The average Bonchev–Trinajstić information content (AvgIpc) is 3.08. The number of piperazine rings is 1. The van der Waals surface area contributed by atoms with Gasteiger partial charge in [-0.1, -0.05) is 18.2 Å². The molecule has 2 fully saturated rings. The third-order valence-corrected chi connectivity index (χ3v) is 10.2. The van der Waals surface area contributed by atoms with Crippen LogP contribution in [0.1, 0.15) is 41.9 Å². The van der Waals surface area contributed by atoms with E-state index in [-0.39, 0.29) is 47.0 Å². The Morgan fingerprint density at radius 3 is 2.38 bits per heavy atom. The summed E-state index contributed by atoms with van der Waals surface area (Å²) >= 11 is 0. The lowest BCUT2D eigenvalue weighted by Crippen LogP contribution is -2.57. The van der Waals surface area contributed by atoms with Gasteiger partial charge in [-0.15, -0.1) is 0 Å². The Balaban J connectivity index is 1.44. The van der Waals surface area contributed by atoms with E-state index in [0.717, 1.165) is 30.7 Å². The standard InChI is InChI=1S/C31H32F4N4O5S/c32-20-8-6-18(7-9-20)28(19-13-21(33)15-22(34)14-19)29(38-31(41)42)30(40)37-27-5-1-4-26(35)25(27)11-10-24-16-36-23-3-2-12-45(43,44)39(24)17-23/h1,4-9,13-15,23-24,28-29,36,38H,2-3,10-12,16-17H2,(H,37,40)(H,41,42)/t23?,24?,28-,29-/m0/s1. The molecule has 0 aliphatic carbocycles. The number of hydrogen-bond acceptors (Lipinski definition) is 5. The van der Waals surface area contributed by atoms with Crippen LogP contribution in [0.25, 0.3) is 0 Å². The predicted molar refractivity (Wildman–Crippen MR) is 158 cm³/mol. The van der Waals surface area contributed by atoms with E-state index in [9.17, 15) is 36.3 Å². The maximum absolute atomic E-state index is 15.2. The van der Waals surface area contributed by atoms with Crippen LogP contribution in [0.5, 0.6) is 0 Å². The number of carbonyl (C=O) groups is 2. The maximum atomic E-state index is 15.2. The van der Waals surface area contributed by atoms with Gasteiger partial charge < -0.3 is 21.1 Å². The van der Waals surface area contributed by atoms with E-state index >= 15 is 4.39 Å². The van der Waals surface area contributed by atoms with Gasteiger partial charge in [-0.3, -0.25) is 4.79 Å². The van der Waals surface area contributed by atoms with Crippen molar-refractivity contribution in [1.29, 1.82) is 0 Å². The van der Waals surface area contributed by atoms with Gasteiger partial charge >= 0.3 is 6.09 Å². The summed E-state index contributed by atoms with van der Waals surface area (Å²) in [5.74, 6) is -5.51. The van der Waals surface area contributed by atoms with Gasteiger partial charge in [0, 0.05) is 48.4 Å². The Morgan fingerprint density at radius 2 is 1.69 bits per heavy atom. The smallest absolute Gasteiger partial charge is 0.405 e. The van der Waals surface area contributed by atoms with Gasteiger partial charge in [-0.25, -0.2) is 30.8 Å². The highest BCUT2D eigenvalue weighted by Gasteiger charge is 2.38. The van der Waals surface area contributed by atoms with Crippen molar-refractivity contribution in [3.63, 3.8) is 0 Å².